The zero-order valence-corrected chi connectivity index (χ0v) is 17.3. The summed E-state index contributed by atoms with van der Waals surface area (Å²) in [5, 5.41) is 2.87. The summed E-state index contributed by atoms with van der Waals surface area (Å²) in [5.41, 5.74) is 0.293. The highest BCUT2D eigenvalue weighted by Gasteiger charge is 2.57. The Morgan fingerprint density at radius 1 is 1.13 bits per heavy atom. The third kappa shape index (κ3) is 3.84. The van der Waals surface area contributed by atoms with E-state index in [0.29, 0.717) is 12.4 Å². The van der Waals surface area contributed by atoms with E-state index in [1.807, 2.05) is 0 Å². The normalized spacial score (nSPS) is 27.1. The Kier molecular flexibility index (Phi) is 5.25. The molecular formula is C23H26FN3O4. The molecule has 0 aromatic carbocycles. The van der Waals surface area contributed by atoms with E-state index in [1.54, 1.807) is 36.7 Å². The molecule has 2 aromatic heterocycles. The first-order valence-corrected chi connectivity index (χ1v) is 10.9. The molecule has 3 atom stereocenters. The minimum absolute atomic E-state index is 0.0675. The van der Waals surface area contributed by atoms with Gasteiger partial charge in [0, 0.05) is 31.1 Å². The molecule has 0 radical (unpaired) electrons. The van der Waals surface area contributed by atoms with Crippen molar-refractivity contribution in [2.24, 2.45) is 5.41 Å². The predicted molar refractivity (Wildman–Crippen MR) is 110 cm³/mol. The van der Waals surface area contributed by atoms with Crippen LogP contribution in [0.1, 0.15) is 42.7 Å². The van der Waals surface area contributed by atoms with Gasteiger partial charge in [-0.05, 0) is 56.4 Å². The van der Waals surface area contributed by atoms with Gasteiger partial charge in [0.1, 0.15) is 11.9 Å². The fourth-order valence-corrected chi connectivity index (χ4v) is 4.66. The summed E-state index contributed by atoms with van der Waals surface area (Å²) in [4.78, 5) is 31.2. The maximum Gasteiger partial charge on any atom is 0.289 e. The summed E-state index contributed by atoms with van der Waals surface area (Å²) in [6.07, 6.45) is 6.41. The predicted octanol–water partition coefficient (Wildman–Crippen LogP) is 2.97. The summed E-state index contributed by atoms with van der Waals surface area (Å²) >= 11 is 0. The molecular weight excluding hydrogens is 401 g/mol. The van der Waals surface area contributed by atoms with Crippen LogP contribution in [0.5, 0.6) is 0 Å². The summed E-state index contributed by atoms with van der Waals surface area (Å²) < 4.78 is 26.3. The number of carbonyl (C=O) groups excluding carboxylic acids is 2. The van der Waals surface area contributed by atoms with Crippen LogP contribution in [0.2, 0.25) is 0 Å². The summed E-state index contributed by atoms with van der Waals surface area (Å²) in [6.45, 7) is 0.738. The van der Waals surface area contributed by atoms with Crippen molar-refractivity contribution in [3.05, 3.63) is 42.4 Å². The first kappa shape index (κ1) is 20.2. The molecule has 7 nitrogen and oxygen atoms in total. The first-order chi connectivity index (χ1) is 15.1. The molecule has 164 valence electrons. The molecule has 0 bridgehead atoms. The highest BCUT2D eigenvalue weighted by atomic mass is 19.1. The van der Waals surface area contributed by atoms with Gasteiger partial charge < -0.3 is 19.4 Å². The van der Waals surface area contributed by atoms with Crippen molar-refractivity contribution in [2.45, 2.75) is 50.4 Å². The van der Waals surface area contributed by atoms with Crippen molar-refractivity contribution in [3.8, 4) is 11.3 Å². The van der Waals surface area contributed by atoms with Crippen LogP contribution in [-0.4, -0.2) is 59.7 Å². The van der Waals surface area contributed by atoms with Crippen molar-refractivity contribution in [3.63, 3.8) is 0 Å². The molecule has 1 unspecified atom stereocenters. The molecule has 1 N–H and O–H groups in total. The number of aromatic nitrogens is 1. The summed E-state index contributed by atoms with van der Waals surface area (Å²) in [5.74, 6) is 0.186. The number of amides is 2. The topological polar surface area (TPSA) is 84.7 Å². The van der Waals surface area contributed by atoms with Gasteiger partial charge in [0.25, 0.3) is 5.91 Å². The van der Waals surface area contributed by atoms with Crippen molar-refractivity contribution in [1.82, 2.24) is 15.2 Å². The van der Waals surface area contributed by atoms with Gasteiger partial charge in [-0.3, -0.25) is 14.6 Å². The van der Waals surface area contributed by atoms with E-state index in [9.17, 15) is 14.0 Å². The number of nitrogens with zero attached hydrogens (tertiary/aromatic N) is 2. The van der Waals surface area contributed by atoms with Crippen LogP contribution in [0.15, 0.2) is 41.1 Å². The van der Waals surface area contributed by atoms with Crippen LogP contribution >= 0.6 is 0 Å². The number of rotatable bonds is 5. The maximum absolute atomic E-state index is 14.7. The van der Waals surface area contributed by atoms with Crippen molar-refractivity contribution < 1.29 is 23.1 Å². The average molecular weight is 427 g/mol. The van der Waals surface area contributed by atoms with Crippen LogP contribution in [0.3, 0.4) is 0 Å². The van der Waals surface area contributed by atoms with E-state index in [0.717, 1.165) is 37.7 Å². The number of hydrogen-bond donors (Lipinski definition) is 1. The Hall–Kier alpha value is -2.74. The molecule has 2 amide bonds. The number of furan rings is 1. The van der Waals surface area contributed by atoms with Gasteiger partial charge in [-0.25, -0.2) is 4.39 Å². The Morgan fingerprint density at radius 3 is 2.65 bits per heavy atom. The van der Waals surface area contributed by atoms with Gasteiger partial charge in [0.2, 0.25) is 5.91 Å². The second-order valence-corrected chi connectivity index (χ2v) is 8.72. The zero-order valence-electron chi connectivity index (χ0n) is 17.3. The highest BCUT2D eigenvalue weighted by Crippen LogP contribution is 2.52. The monoisotopic (exact) mass is 427 g/mol. The molecule has 2 saturated heterocycles. The average Bonchev–Trinajstić information content (AvgIpc) is 3.34. The molecule has 2 aromatic rings. The molecule has 3 aliphatic rings. The Labute approximate surface area is 180 Å². The lowest BCUT2D eigenvalue weighted by molar-refractivity contribution is -0.135. The SMILES string of the molecule is O=C(c1ccc(-c2ccncc2)o1)N1C[C@H](F)[C@H](NC(=O)C2(C3CCCCO3)CC2)C1. The van der Waals surface area contributed by atoms with E-state index in [4.69, 9.17) is 9.15 Å². The minimum Gasteiger partial charge on any atom is -0.451 e. The quantitative estimate of drug-likeness (QED) is 0.793. The van der Waals surface area contributed by atoms with Crippen LogP contribution in [0.25, 0.3) is 11.3 Å². The third-order valence-corrected chi connectivity index (χ3v) is 6.67. The fraction of sp³-hybridized carbons (Fsp3) is 0.522. The number of pyridine rings is 1. The Bertz CT molecular complexity index is 953. The van der Waals surface area contributed by atoms with Gasteiger partial charge in [-0.1, -0.05) is 0 Å². The molecule has 2 aliphatic heterocycles. The highest BCUT2D eigenvalue weighted by molar-refractivity contribution is 5.92. The zero-order chi connectivity index (χ0) is 21.4. The smallest absolute Gasteiger partial charge is 0.289 e. The molecule has 3 fully saturated rings. The van der Waals surface area contributed by atoms with Crippen molar-refractivity contribution in [2.75, 3.05) is 19.7 Å². The molecule has 1 saturated carbocycles. The number of hydrogen-bond acceptors (Lipinski definition) is 5. The van der Waals surface area contributed by atoms with E-state index in [-0.39, 0.29) is 36.8 Å². The van der Waals surface area contributed by atoms with Crippen LogP contribution in [0, 0.1) is 5.41 Å². The minimum atomic E-state index is -1.31. The number of alkyl halides is 1. The number of halogens is 1. The number of likely N-dealkylation sites (tertiary alicyclic amines) is 1. The van der Waals surface area contributed by atoms with E-state index in [1.165, 1.54) is 4.90 Å². The molecule has 31 heavy (non-hydrogen) atoms. The van der Waals surface area contributed by atoms with E-state index in [2.05, 4.69) is 10.3 Å². The third-order valence-electron chi connectivity index (χ3n) is 6.67. The standard InChI is InChI=1S/C23H26FN3O4/c24-16-13-27(21(28)19-5-4-18(31-19)15-6-10-25-11-7-15)14-17(16)26-22(29)23(8-9-23)20-3-1-2-12-30-20/h4-7,10-11,16-17,20H,1-3,8-9,12-14H2,(H,26,29)/t16-,17+,20?/m0/s1. The van der Waals surface area contributed by atoms with Gasteiger partial charge >= 0.3 is 0 Å². The summed E-state index contributed by atoms with van der Waals surface area (Å²) in [6, 6.07) is 6.17. The number of nitrogens with one attached hydrogen (secondary N) is 1. The lowest BCUT2D eigenvalue weighted by Crippen LogP contribution is -2.49. The largest absolute Gasteiger partial charge is 0.451 e. The first-order valence-electron chi connectivity index (χ1n) is 10.9. The lowest BCUT2D eigenvalue weighted by atomic mass is 9.91. The maximum atomic E-state index is 14.7. The Morgan fingerprint density at radius 2 is 1.94 bits per heavy atom. The molecule has 8 heteroatoms. The van der Waals surface area contributed by atoms with Crippen molar-refractivity contribution in [1.29, 1.82) is 0 Å². The molecule has 4 heterocycles. The van der Waals surface area contributed by atoms with E-state index >= 15 is 0 Å². The fourth-order valence-electron chi connectivity index (χ4n) is 4.66. The number of ether oxygens (including phenoxy) is 1. The van der Waals surface area contributed by atoms with Crippen LogP contribution in [-0.2, 0) is 9.53 Å². The van der Waals surface area contributed by atoms with Crippen molar-refractivity contribution >= 4 is 11.8 Å². The van der Waals surface area contributed by atoms with Gasteiger partial charge in [0.05, 0.1) is 24.1 Å². The lowest BCUT2D eigenvalue weighted by Gasteiger charge is -2.30. The molecule has 5 rings (SSSR count). The Balaban J connectivity index is 1.22. The number of carbonyl (C=O) groups is 2. The summed E-state index contributed by atoms with van der Waals surface area (Å²) in [7, 11) is 0. The second kappa shape index (κ2) is 8.07. The van der Waals surface area contributed by atoms with Gasteiger partial charge in [-0.2, -0.15) is 0 Å². The molecule has 0 spiro atoms. The van der Waals surface area contributed by atoms with E-state index < -0.39 is 17.6 Å². The van der Waals surface area contributed by atoms with Gasteiger partial charge in [-0.15, -0.1) is 0 Å². The molecule has 1 aliphatic carbocycles. The second-order valence-electron chi connectivity index (χ2n) is 8.72. The van der Waals surface area contributed by atoms with Crippen LogP contribution < -0.4 is 5.32 Å². The van der Waals surface area contributed by atoms with Crippen LogP contribution in [0.4, 0.5) is 4.39 Å². The van der Waals surface area contributed by atoms with Gasteiger partial charge in [0.15, 0.2) is 5.76 Å².